The van der Waals surface area contributed by atoms with Crippen molar-refractivity contribution in [2.24, 2.45) is 4.99 Å². The summed E-state index contributed by atoms with van der Waals surface area (Å²) in [6, 6.07) is 8.65. The normalized spacial score (nSPS) is 12.4. The minimum absolute atomic E-state index is 0.0822. The van der Waals surface area contributed by atoms with E-state index in [1.807, 2.05) is 7.05 Å². The Morgan fingerprint density at radius 1 is 1.35 bits per heavy atom. The van der Waals surface area contributed by atoms with Crippen molar-refractivity contribution < 1.29 is 0 Å². The van der Waals surface area contributed by atoms with Crippen molar-refractivity contribution in [3.63, 3.8) is 0 Å². The molecule has 0 fully saturated rings. The third-order valence-electron chi connectivity index (χ3n) is 2.96. The third kappa shape index (κ3) is 3.77. The second-order valence-corrected chi connectivity index (χ2v) is 4.93. The average molecular weight is 233 g/mol. The molecular formula is C14H23N3. The van der Waals surface area contributed by atoms with Crippen LogP contribution in [0.3, 0.4) is 0 Å². The quantitative estimate of drug-likeness (QED) is 0.619. The Kier molecular flexibility index (Phi) is 4.55. The zero-order valence-corrected chi connectivity index (χ0v) is 11.5. The molecule has 0 heterocycles. The lowest BCUT2D eigenvalue weighted by molar-refractivity contribution is 0.509. The van der Waals surface area contributed by atoms with Crippen LogP contribution in [0.1, 0.15) is 25.0 Å². The largest absolute Gasteiger partial charge is 0.359 e. The van der Waals surface area contributed by atoms with Crippen LogP contribution in [-0.2, 0) is 5.41 Å². The monoisotopic (exact) mass is 233 g/mol. The molecular weight excluding hydrogens is 210 g/mol. The summed E-state index contributed by atoms with van der Waals surface area (Å²) >= 11 is 0. The maximum atomic E-state index is 4.12. The molecule has 0 bridgehead atoms. The lowest BCUT2D eigenvalue weighted by Crippen LogP contribution is -2.42. The van der Waals surface area contributed by atoms with E-state index in [1.54, 1.807) is 7.05 Å². The summed E-state index contributed by atoms with van der Waals surface area (Å²) in [5.74, 6) is 0.825. The minimum atomic E-state index is 0.0822. The predicted molar refractivity (Wildman–Crippen MR) is 74.6 cm³/mol. The highest BCUT2D eigenvalue weighted by Gasteiger charge is 2.20. The zero-order valence-electron chi connectivity index (χ0n) is 11.5. The molecule has 0 aliphatic heterocycles. The second kappa shape index (κ2) is 5.71. The van der Waals surface area contributed by atoms with Gasteiger partial charge < -0.3 is 10.6 Å². The number of aliphatic imine (C=N–C) groups is 1. The number of guanidine groups is 1. The van der Waals surface area contributed by atoms with Gasteiger partial charge in [-0.15, -0.1) is 0 Å². The molecule has 17 heavy (non-hydrogen) atoms. The Labute approximate surface area is 104 Å². The van der Waals surface area contributed by atoms with Crippen LogP contribution < -0.4 is 10.6 Å². The summed E-state index contributed by atoms with van der Waals surface area (Å²) in [7, 11) is 3.65. The molecule has 0 amide bonds. The zero-order chi connectivity index (χ0) is 12.9. The van der Waals surface area contributed by atoms with E-state index in [2.05, 4.69) is 60.7 Å². The highest BCUT2D eigenvalue weighted by Crippen LogP contribution is 2.22. The van der Waals surface area contributed by atoms with E-state index in [-0.39, 0.29) is 5.41 Å². The number of rotatable bonds is 3. The van der Waals surface area contributed by atoms with E-state index in [9.17, 15) is 0 Å². The van der Waals surface area contributed by atoms with Crippen LogP contribution in [0.25, 0.3) is 0 Å². The van der Waals surface area contributed by atoms with Gasteiger partial charge in [0, 0.05) is 26.1 Å². The molecule has 94 valence electrons. The molecule has 1 aromatic rings. The van der Waals surface area contributed by atoms with Crippen LogP contribution in [-0.4, -0.2) is 26.6 Å². The van der Waals surface area contributed by atoms with Gasteiger partial charge in [0.2, 0.25) is 0 Å². The van der Waals surface area contributed by atoms with Crippen molar-refractivity contribution in [2.45, 2.75) is 26.2 Å². The SMILES string of the molecule is CN=C(NC)NCC(C)(C)c1cccc(C)c1. The van der Waals surface area contributed by atoms with Gasteiger partial charge in [-0.25, -0.2) is 0 Å². The molecule has 1 aromatic carbocycles. The number of benzene rings is 1. The summed E-state index contributed by atoms with van der Waals surface area (Å²) in [5.41, 5.74) is 2.73. The van der Waals surface area contributed by atoms with Gasteiger partial charge in [-0.05, 0) is 12.5 Å². The summed E-state index contributed by atoms with van der Waals surface area (Å²) in [6.07, 6.45) is 0. The molecule has 2 N–H and O–H groups in total. The molecule has 0 saturated heterocycles. The third-order valence-corrected chi connectivity index (χ3v) is 2.96. The van der Waals surface area contributed by atoms with Crippen LogP contribution in [0.15, 0.2) is 29.3 Å². The van der Waals surface area contributed by atoms with Crippen LogP contribution in [0.2, 0.25) is 0 Å². The maximum absolute atomic E-state index is 4.12. The van der Waals surface area contributed by atoms with Gasteiger partial charge in [0.1, 0.15) is 0 Å². The van der Waals surface area contributed by atoms with Crippen LogP contribution >= 0.6 is 0 Å². The molecule has 0 atom stereocenters. The second-order valence-electron chi connectivity index (χ2n) is 4.93. The molecule has 0 aliphatic carbocycles. The average Bonchev–Trinajstić information content (AvgIpc) is 2.30. The van der Waals surface area contributed by atoms with Crippen molar-refractivity contribution in [1.82, 2.24) is 10.6 Å². The first-order valence-electron chi connectivity index (χ1n) is 5.95. The van der Waals surface area contributed by atoms with Crippen molar-refractivity contribution in [3.8, 4) is 0 Å². The van der Waals surface area contributed by atoms with E-state index in [1.165, 1.54) is 11.1 Å². The van der Waals surface area contributed by atoms with E-state index in [4.69, 9.17) is 0 Å². The lowest BCUT2D eigenvalue weighted by Gasteiger charge is -2.26. The van der Waals surface area contributed by atoms with Gasteiger partial charge in [-0.1, -0.05) is 43.7 Å². The van der Waals surface area contributed by atoms with Crippen molar-refractivity contribution in [1.29, 1.82) is 0 Å². The Morgan fingerprint density at radius 2 is 2.06 bits per heavy atom. The molecule has 0 unspecified atom stereocenters. The van der Waals surface area contributed by atoms with Gasteiger partial charge in [0.15, 0.2) is 5.96 Å². The number of nitrogens with one attached hydrogen (secondary N) is 2. The standard InChI is InChI=1S/C14H23N3/c1-11-7-6-8-12(9-11)14(2,3)10-17-13(15-4)16-5/h6-9H,10H2,1-5H3,(H2,15,16,17). The molecule has 1 rings (SSSR count). The van der Waals surface area contributed by atoms with Crippen LogP contribution in [0.5, 0.6) is 0 Å². The van der Waals surface area contributed by atoms with Crippen molar-refractivity contribution >= 4 is 5.96 Å². The number of hydrogen-bond donors (Lipinski definition) is 2. The smallest absolute Gasteiger partial charge is 0.190 e. The summed E-state index contributed by atoms with van der Waals surface area (Å²) in [5, 5.41) is 6.34. The first-order chi connectivity index (χ1) is 7.99. The summed E-state index contributed by atoms with van der Waals surface area (Å²) < 4.78 is 0. The lowest BCUT2D eigenvalue weighted by atomic mass is 9.84. The minimum Gasteiger partial charge on any atom is -0.359 e. The molecule has 0 saturated carbocycles. The fourth-order valence-electron chi connectivity index (χ4n) is 1.75. The fraction of sp³-hybridized carbons (Fsp3) is 0.500. The summed E-state index contributed by atoms with van der Waals surface area (Å²) in [4.78, 5) is 4.12. The maximum Gasteiger partial charge on any atom is 0.190 e. The van der Waals surface area contributed by atoms with E-state index >= 15 is 0 Å². The first kappa shape index (κ1) is 13.6. The van der Waals surface area contributed by atoms with Gasteiger partial charge >= 0.3 is 0 Å². The van der Waals surface area contributed by atoms with Gasteiger partial charge in [0.05, 0.1) is 0 Å². The molecule has 0 radical (unpaired) electrons. The number of aryl methyl sites for hydroxylation is 1. The highest BCUT2D eigenvalue weighted by atomic mass is 15.2. The van der Waals surface area contributed by atoms with Gasteiger partial charge in [-0.2, -0.15) is 0 Å². The Bertz CT molecular complexity index is 394. The molecule has 0 aliphatic rings. The summed E-state index contributed by atoms with van der Waals surface area (Å²) in [6.45, 7) is 7.44. The molecule has 3 heteroatoms. The molecule has 3 nitrogen and oxygen atoms in total. The topological polar surface area (TPSA) is 36.4 Å². The van der Waals surface area contributed by atoms with Gasteiger partial charge in [0.25, 0.3) is 0 Å². The van der Waals surface area contributed by atoms with Crippen molar-refractivity contribution in [2.75, 3.05) is 20.6 Å². The Hall–Kier alpha value is -1.51. The van der Waals surface area contributed by atoms with E-state index in [0.29, 0.717) is 0 Å². The predicted octanol–water partition coefficient (Wildman–Crippen LogP) is 2.07. The number of hydrogen-bond acceptors (Lipinski definition) is 1. The van der Waals surface area contributed by atoms with Crippen LogP contribution in [0, 0.1) is 6.92 Å². The van der Waals surface area contributed by atoms with E-state index < -0.39 is 0 Å². The highest BCUT2D eigenvalue weighted by molar-refractivity contribution is 5.79. The Balaban J connectivity index is 2.75. The van der Waals surface area contributed by atoms with E-state index in [0.717, 1.165) is 12.5 Å². The van der Waals surface area contributed by atoms with Crippen molar-refractivity contribution in [3.05, 3.63) is 35.4 Å². The molecule has 0 spiro atoms. The Morgan fingerprint density at radius 3 is 2.59 bits per heavy atom. The number of nitrogens with zero attached hydrogens (tertiary/aromatic N) is 1. The fourth-order valence-corrected chi connectivity index (χ4v) is 1.75. The molecule has 0 aromatic heterocycles. The first-order valence-corrected chi connectivity index (χ1v) is 5.95. The van der Waals surface area contributed by atoms with Crippen LogP contribution in [0.4, 0.5) is 0 Å². The van der Waals surface area contributed by atoms with Gasteiger partial charge in [-0.3, -0.25) is 4.99 Å².